The van der Waals surface area contributed by atoms with Crippen LogP contribution in [-0.4, -0.2) is 35.7 Å². The summed E-state index contributed by atoms with van der Waals surface area (Å²) in [5.74, 6) is 1.22. The minimum atomic E-state index is -0.407. The number of hydrogen-bond donors (Lipinski definition) is 1. The second-order valence-electron chi connectivity index (χ2n) is 7.49. The van der Waals surface area contributed by atoms with Gasteiger partial charge >= 0.3 is 0 Å². The lowest BCUT2D eigenvalue weighted by Crippen LogP contribution is -2.25. The number of thioether (sulfide) groups is 1. The SMILES string of the molecule is CC(Sc1nnc(-c2ccc(Cl)cc2)n1-c1ccccc1)C(=O)Nc1ccnn1C(C)C. The summed E-state index contributed by atoms with van der Waals surface area (Å²) in [4.78, 5) is 12.9. The van der Waals surface area contributed by atoms with E-state index >= 15 is 0 Å². The smallest absolute Gasteiger partial charge is 0.238 e. The topological polar surface area (TPSA) is 77.6 Å². The average Bonchev–Trinajstić information content (AvgIpc) is 3.42. The molecule has 2 aromatic heterocycles. The van der Waals surface area contributed by atoms with Crippen LogP contribution in [0.15, 0.2) is 72.0 Å². The Morgan fingerprint density at radius 2 is 1.72 bits per heavy atom. The van der Waals surface area contributed by atoms with E-state index in [9.17, 15) is 4.79 Å². The van der Waals surface area contributed by atoms with Gasteiger partial charge in [-0.2, -0.15) is 5.10 Å². The molecule has 0 radical (unpaired) electrons. The van der Waals surface area contributed by atoms with E-state index in [2.05, 4.69) is 20.6 Å². The Kier molecular flexibility index (Phi) is 6.62. The van der Waals surface area contributed by atoms with Crippen LogP contribution in [0.1, 0.15) is 26.8 Å². The van der Waals surface area contributed by atoms with Crippen LogP contribution >= 0.6 is 23.4 Å². The van der Waals surface area contributed by atoms with Crippen molar-refractivity contribution in [3.63, 3.8) is 0 Å². The minimum Gasteiger partial charge on any atom is -0.310 e. The van der Waals surface area contributed by atoms with Crippen molar-refractivity contribution < 1.29 is 4.79 Å². The molecule has 7 nitrogen and oxygen atoms in total. The van der Waals surface area contributed by atoms with Crippen LogP contribution in [0.25, 0.3) is 17.1 Å². The molecule has 1 amide bonds. The summed E-state index contributed by atoms with van der Waals surface area (Å²) >= 11 is 7.41. The van der Waals surface area contributed by atoms with Crippen LogP contribution in [0.3, 0.4) is 0 Å². The summed E-state index contributed by atoms with van der Waals surface area (Å²) < 4.78 is 3.73. The lowest BCUT2D eigenvalue weighted by atomic mass is 10.2. The van der Waals surface area contributed by atoms with Gasteiger partial charge in [0, 0.05) is 28.4 Å². The van der Waals surface area contributed by atoms with Crippen LogP contribution in [0, 0.1) is 0 Å². The number of hydrogen-bond acceptors (Lipinski definition) is 5. The maximum absolute atomic E-state index is 12.9. The molecule has 1 atom stereocenters. The van der Waals surface area contributed by atoms with Crippen LogP contribution in [0.5, 0.6) is 0 Å². The highest BCUT2D eigenvalue weighted by Crippen LogP contribution is 2.31. The van der Waals surface area contributed by atoms with Crippen molar-refractivity contribution in [2.45, 2.75) is 37.2 Å². The predicted octanol–water partition coefficient (Wildman–Crippen LogP) is 5.48. The van der Waals surface area contributed by atoms with Gasteiger partial charge in [0.05, 0.1) is 11.4 Å². The molecule has 2 aromatic carbocycles. The minimum absolute atomic E-state index is 0.131. The first-order valence-corrected chi connectivity index (χ1v) is 11.5. The standard InChI is InChI=1S/C23H23ClN6OS/c1-15(2)30-20(13-14-25-30)26-22(31)16(3)32-23-28-27-21(17-9-11-18(24)12-10-17)29(23)19-7-5-4-6-8-19/h4-16H,1-3H3,(H,26,31). The van der Waals surface area contributed by atoms with Gasteiger partial charge in [0.15, 0.2) is 11.0 Å². The first-order valence-electron chi connectivity index (χ1n) is 10.2. The van der Waals surface area contributed by atoms with Gasteiger partial charge in [0.25, 0.3) is 0 Å². The summed E-state index contributed by atoms with van der Waals surface area (Å²) in [5.41, 5.74) is 1.80. The van der Waals surface area contributed by atoms with Crippen LogP contribution < -0.4 is 5.32 Å². The largest absolute Gasteiger partial charge is 0.310 e. The van der Waals surface area contributed by atoms with Crippen LogP contribution in [0.2, 0.25) is 5.02 Å². The molecule has 0 aliphatic heterocycles. The Hall–Kier alpha value is -3.10. The summed E-state index contributed by atoms with van der Waals surface area (Å²) in [6.07, 6.45) is 1.68. The molecule has 0 bridgehead atoms. The van der Waals surface area contributed by atoms with E-state index in [-0.39, 0.29) is 11.9 Å². The molecule has 0 aliphatic carbocycles. The zero-order chi connectivity index (χ0) is 22.7. The Morgan fingerprint density at radius 1 is 1.00 bits per heavy atom. The third-order valence-corrected chi connectivity index (χ3v) is 6.11. The second-order valence-corrected chi connectivity index (χ2v) is 9.23. The fraction of sp³-hybridized carbons (Fsp3) is 0.217. The van der Waals surface area contributed by atoms with Crippen molar-refractivity contribution in [3.05, 3.63) is 71.9 Å². The van der Waals surface area contributed by atoms with E-state index < -0.39 is 5.25 Å². The third-order valence-electron chi connectivity index (χ3n) is 4.81. The van der Waals surface area contributed by atoms with Gasteiger partial charge in [0.1, 0.15) is 5.82 Å². The molecular formula is C23H23ClN6OS. The number of aromatic nitrogens is 5. The molecule has 1 unspecified atom stereocenters. The molecule has 164 valence electrons. The lowest BCUT2D eigenvalue weighted by molar-refractivity contribution is -0.115. The number of benzene rings is 2. The van der Waals surface area contributed by atoms with E-state index in [0.29, 0.717) is 21.8 Å². The Bertz CT molecular complexity index is 1200. The van der Waals surface area contributed by atoms with E-state index in [1.165, 1.54) is 11.8 Å². The quantitative estimate of drug-likeness (QED) is 0.364. The Labute approximate surface area is 195 Å². The summed E-state index contributed by atoms with van der Waals surface area (Å²) in [7, 11) is 0. The maximum atomic E-state index is 12.9. The van der Waals surface area contributed by atoms with Crippen molar-refractivity contribution in [1.82, 2.24) is 24.5 Å². The van der Waals surface area contributed by atoms with E-state index in [4.69, 9.17) is 11.6 Å². The van der Waals surface area contributed by atoms with Crippen LogP contribution in [-0.2, 0) is 4.79 Å². The Balaban J connectivity index is 1.62. The summed E-state index contributed by atoms with van der Waals surface area (Å²) in [5, 5.41) is 16.9. The number of nitrogens with zero attached hydrogens (tertiary/aromatic N) is 5. The molecule has 4 aromatic rings. The highest BCUT2D eigenvalue weighted by Gasteiger charge is 2.23. The van der Waals surface area contributed by atoms with Crippen molar-refractivity contribution in [1.29, 1.82) is 0 Å². The number of anilines is 1. The average molecular weight is 467 g/mol. The van der Waals surface area contributed by atoms with Gasteiger partial charge in [-0.1, -0.05) is 41.6 Å². The molecule has 0 fully saturated rings. The van der Waals surface area contributed by atoms with E-state index in [1.54, 1.807) is 16.9 Å². The van der Waals surface area contributed by atoms with Crippen molar-refractivity contribution in [2.24, 2.45) is 0 Å². The first kappa shape index (κ1) is 22.1. The van der Waals surface area contributed by atoms with Gasteiger partial charge in [-0.3, -0.25) is 9.36 Å². The van der Waals surface area contributed by atoms with Gasteiger partial charge in [-0.25, -0.2) is 4.68 Å². The predicted molar refractivity (Wildman–Crippen MR) is 128 cm³/mol. The number of halogens is 1. The van der Waals surface area contributed by atoms with E-state index in [0.717, 1.165) is 11.3 Å². The number of rotatable bonds is 7. The first-order chi connectivity index (χ1) is 15.4. The molecule has 2 heterocycles. The monoisotopic (exact) mass is 466 g/mol. The molecule has 4 rings (SSSR count). The highest BCUT2D eigenvalue weighted by molar-refractivity contribution is 8.00. The lowest BCUT2D eigenvalue weighted by Gasteiger charge is -2.15. The third kappa shape index (κ3) is 4.71. The van der Waals surface area contributed by atoms with Crippen molar-refractivity contribution in [3.8, 4) is 17.1 Å². The van der Waals surface area contributed by atoms with Crippen molar-refractivity contribution in [2.75, 3.05) is 5.32 Å². The molecule has 1 N–H and O–H groups in total. The van der Waals surface area contributed by atoms with Gasteiger partial charge in [-0.15, -0.1) is 10.2 Å². The fourth-order valence-electron chi connectivity index (χ4n) is 3.21. The maximum Gasteiger partial charge on any atom is 0.238 e. The molecule has 32 heavy (non-hydrogen) atoms. The zero-order valence-electron chi connectivity index (χ0n) is 17.9. The molecule has 0 aliphatic rings. The molecule has 0 spiro atoms. The van der Waals surface area contributed by atoms with Crippen molar-refractivity contribution >= 4 is 35.1 Å². The van der Waals surface area contributed by atoms with Gasteiger partial charge in [0.2, 0.25) is 5.91 Å². The zero-order valence-corrected chi connectivity index (χ0v) is 19.5. The van der Waals surface area contributed by atoms with Gasteiger partial charge < -0.3 is 5.32 Å². The normalized spacial score (nSPS) is 12.2. The molecule has 9 heteroatoms. The molecule has 0 saturated heterocycles. The number of nitrogens with one attached hydrogen (secondary N) is 1. The second kappa shape index (κ2) is 9.58. The van der Waals surface area contributed by atoms with Crippen LogP contribution in [0.4, 0.5) is 5.82 Å². The Morgan fingerprint density at radius 3 is 2.41 bits per heavy atom. The number of carbonyl (C=O) groups is 1. The molecule has 0 saturated carbocycles. The van der Waals surface area contributed by atoms with Gasteiger partial charge in [-0.05, 0) is 57.2 Å². The number of carbonyl (C=O) groups excluding carboxylic acids is 1. The number of amides is 1. The summed E-state index contributed by atoms with van der Waals surface area (Å²) in [6.45, 7) is 5.88. The summed E-state index contributed by atoms with van der Waals surface area (Å²) in [6, 6.07) is 19.2. The number of para-hydroxylation sites is 1. The highest BCUT2D eigenvalue weighted by atomic mass is 35.5. The fourth-order valence-corrected chi connectivity index (χ4v) is 4.20. The van der Waals surface area contributed by atoms with E-state index in [1.807, 2.05) is 79.9 Å². The molecular weight excluding hydrogens is 444 g/mol.